The van der Waals surface area contributed by atoms with Crippen LogP contribution in [0.1, 0.15) is 66.5 Å². The number of Topliss-reactive ketones (excluding diaryl/α,β-unsaturated/α-hetero) is 2. The number of ether oxygens (including phenoxy) is 2. The van der Waals surface area contributed by atoms with Crippen molar-refractivity contribution in [1.82, 2.24) is 23.9 Å². The minimum atomic E-state index is -4.71. The molecule has 0 aliphatic heterocycles. The summed E-state index contributed by atoms with van der Waals surface area (Å²) in [6.45, 7) is 4.32. The van der Waals surface area contributed by atoms with Gasteiger partial charge in [0.1, 0.15) is 23.8 Å². The average molecular weight is 747 g/mol. The van der Waals surface area contributed by atoms with E-state index in [-0.39, 0.29) is 62.2 Å². The number of amides is 1. The predicted molar refractivity (Wildman–Crippen MR) is 191 cm³/mol. The number of anilines is 1. The van der Waals surface area contributed by atoms with E-state index in [0.29, 0.717) is 46.0 Å². The standard InChI is InChI=1S/C38H37F3N6O7/c1-37(2,52)26-21-28-24(19-29(26)43-35(50)27-9-5-11-33(42-27)38(39,40)41)22-46(44-28)14-16-54-18-17-53-15-6-8-23-7-4-10-31-34(23)45(3)36(51)47(31)30-13-12-25(48)20-32(30)49/h4-5,7,9-11,19,21-22,30,52H,12-18,20H2,1-3H3,(H,43,50). The Morgan fingerprint density at radius 3 is 2.56 bits per heavy atom. The molecule has 16 heteroatoms. The Kier molecular flexibility index (Phi) is 10.9. The summed E-state index contributed by atoms with van der Waals surface area (Å²) in [5.74, 6) is 4.76. The topological polar surface area (TPSA) is 160 Å². The number of aryl methyl sites for hydroxylation is 1. The molecule has 13 nitrogen and oxygen atoms in total. The SMILES string of the molecule is Cn1c(=O)n(C2CCC(=O)CC2=O)c2cccc(C#CCOCCOCCn3cc4cc(NC(=O)c5cccc(C(F)(F)F)n5)c(C(C)(C)O)cc4n3)c21. The normalized spacial score (nSPS) is 15.1. The first kappa shape index (κ1) is 38.1. The Morgan fingerprint density at radius 2 is 1.81 bits per heavy atom. The number of alkyl halides is 3. The van der Waals surface area contributed by atoms with E-state index in [1.165, 1.54) is 29.0 Å². The minimum Gasteiger partial charge on any atom is -0.386 e. The zero-order valence-electron chi connectivity index (χ0n) is 29.7. The minimum absolute atomic E-state index is 0.106. The number of imidazole rings is 1. The zero-order valence-corrected chi connectivity index (χ0v) is 29.7. The van der Waals surface area contributed by atoms with Crippen molar-refractivity contribution in [1.29, 1.82) is 0 Å². The van der Waals surface area contributed by atoms with Gasteiger partial charge in [-0.1, -0.05) is 24.0 Å². The summed E-state index contributed by atoms with van der Waals surface area (Å²) in [4.78, 5) is 53.8. The van der Waals surface area contributed by atoms with Gasteiger partial charge in [-0.2, -0.15) is 18.3 Å². The number of fused-ring (bicyclic) bond motifs is 2. The molecule has 282 valence electrons. The fraction of sp³-hybridized carbons (Fsp3) is 0.368. The van der Waals surface area contributed by atoms with Gasteiger partial charge in [-0.3, -0.25) is 28.2 Å². The van der Waals surface area contributed by atoms with Gasteiger partial charge in [0.15, 0.2) is 5.78 Å². The summed E-state index contributed by atoms with van der Waals surface area (Å²) in [6.07, 6.45) is -2.61. The number of benzene rings is 2. The lowest BCUT2D eigenvalue weighted by molar-refractivity contribution is -0.141. The Morgan fingerprint density at radius 1 is 1.06 bits per heavy atom. The fourth-order valence-corrected chi connectivity index (χ4v) is 6.36. The fourth-order valence-electron chi connectivity index (χ4n) is 6.36. The largest absolute Gasteiger partial charge is 0.433 e. The molecule has 0 bridgehead atoms. The van der Waals surface area contributed by atoms with Crippen molar-refractivity contribution in [2.75, 3.05) is 31.7 Å². The van der Waals surface area contributed by atoms with E-state index >= 15 is 0 Å². The lowest BCUT2D eigenvalue weighted by atomic mass is 9.92. The van der Waals surface area contributed by atoms with Crippen LogP contribution in [0, 0.1) is 11.8 Å². The highest BCUT2D eigenvalue weighted by molar-refractivity contribution is 6.05. The molecule has 0 radical (unpaired) electrons. The molecule has 0 spiro atoms. The van der Waals surface area contributed by atoms with Gasteiger partial charge in [0.25, 0.3) is 5.91 Å². The molecule has 1 fully saturated rings. The second-order valence-electron chi connectivity index (χ2n) is 13.4. The first-order valence-electron chi connectivity index (χ1n) is 17.1. The van der Waals surface area contributed by atoms with Gasteiger partial charge < -0.3 is 19.9 Å². The molecule has 1 aliphatic rings. The molecule has 1 atom stereocenters. The van der Waals surface area contributed by atoms with Crippen molar-refractivity contribution in [3.63, 3.8) is 0 Å². The van der Waals surface area contributed by atoms with Crippen LogP contribution in [0.4, 0.5) is 18.9 Å². The van der Waals surface area contributed by atoms with E-state index in [2.05, 4.69) is 27.2 Å². The maximum absolute atomic E-state index is 13.1. The number of nitrogens with one attached hydrogen (secondary N) is 1. The molecule has 1 unspecified atom stereocenters. The number of carbonyl (C=O) groups is 3. The van der Waals surface area contributed by atoms with Crippen LogP contribution in [0.25, 0.3) is 21.9 Å². The van der Waals surface area contributed by atoms with E-state index in [1.54, 1.807) is 48.3 Å². The zero-order chi connectivity index (χ0) is 38.8. The molecule has 54 heavy (non-hydrogen) atoms. The summed E-state index contributed by atoms with van der Waals surface area (Å²) in [5, 5.41) is 18.5. The smallest absolute Gasteiger partial charge is 0.386 e. The van der Waals surface area contributed by atoms with Gasteiger partial charge in [0.05, 0.1) is 66.5 Å². The van der Waals surface area contributed by atoms with Gasteiger partial charge in [0.2, 0.25) is 0 Å². The highest BCUT2D eigenvalue weighted by atomic mass is 19.4. The van der Waals surface area contributed by atoms with Gasteiger partial charge in [-0.05, 0) is 56.7 Å². The second-order valence-corrected chi connectivity index (χ2v) is 13.4. The van der Waals surface area contributed by atoms with Gasteiger partial charge in [0, 0.05) is 36.3 Å². The van der Waals surface area contributed by atoms with E-state index in [4.69, 9.17) is 9.47 Å². The van der Waals surface area contributed by atoms with Crippen LogP contribution in [0.3, 0.4) is 0 Å². The van der Waals surface area contributed by atoms with Gasteiger partial charge >= 0.3 is 11.9 Å². The lowest BCUT2D eigenvalue weighted by Gasteiger charge is -2.22. The van der Waals surface area contributed by atoms with E-state index in [0.717, 1.165) is 12.1 Å². The highest BCUT2D eigenvalue weighted by Crippen LogP contribution is 2.33. The van der Waals surface area contributed by atoms with Crippen LogP contribution in [-0.2, 0) is 44.4 Å². The van der Waals surface area contributed by atoms with Crippen molar-refractivity contribution in [2.45, 2.75) is 57.5 Å². The number of pyridine rings is 1. The van der Waals surface area contributed by atoms with Crippen LogP contribution >= 0.6 is 0 Å². The highest BCUT2D eigenvalue weighted by Gasteiger charge is 2.34. The summed E-state index contributed by atoms with van der Waals surface area (Å²) < 4.78 is 55.3. The number of ketones is 2. The van der Waals surface area contributed by atoms with Crippen molar-refractivity contribution in [3.05, 3.63) is 87.7 Å². The number of aliphatic hydroxyl groups is 1. The van der Waals surface area contributed by atoms with Crippen LogP contribution in [0.5, 0.6) is 0 Å². The molecule has 3 aromatic heterocycles. The third kappa shape index (κ3) is 8.28. The third-order valence-electron chi connectivity index (χ3n) is 8.96. The van der Waals surface area contributed by atoms with Crippen LogP contribution in [-0.4, -0.2) is 72.9 Å². The van der Waals surface area contributed by atoms with Crippen LogP contribution in [0.2, 0.25) is 0 Å². The number of hydrogen-bond donors (Lipinski definition) is 2. The molecule has 5 aromatic rings. The predicted octanol–water partition coefficient (Wildman–Crippen LogP) is 4.53. The Hall–Kier alpha value is -5.63. The van der Waals surface area contributed by atoms with Crippen molar-refractivity contribution >= 4 is 45.1 Å². The van der Waals surface area contributed by atoms with Crippen molar-refractivity contribution in [2.24, 2.45) is 7.05 Å². The molecule has 1 saturated carbocycles. The summed E-state index contributed by atoms with van der Waals surface area (Å²) in [6, 6.07) is 10.9. The summed E-state index contributed by atoms with van der Waals surface area (Å²) in [5.41, 5.74) is -0.573. The van der Waals surface area contributed by atoms with E-state index < -0.39 is 35.1 Å². The molecule has 0 saturated heterocycles. The summed E-state index contributed by atoms with van der Waals surface area (Å²) in [7, 11) is 1.63. The monoisotopic (exact) mass is 746 g/mol. The van der Waals surface area contributed by atoms with Crippen LogP contribution < -0.4 is 11.0 Å². The number of nitrogens with zero attached hydrogens (tertiary/aromatic N) is 5. The molecular weight excluding hydrogens is 709 g/mol. The van der Waals surface area contributed by atoms with Crippen LogP contribution in [0.15, 0.2) is 59.5 Å². The Bertz CT molecular complexity index is 2380. The van der Waals surface area contributed by atoms with E-state index in [9.17, 15) is 37.5 Å². The lowest BCUT2D eigenvalue weighted by Crippen LogP contribution is -2.34. The molecule has 2 aromatic carbocycles. The molecule has 1 aliphatic carbocycles. The molecular formula is C38H37F3N6O7. The number of carbonyl (C=O) groups excluding carboxylic acids is 3. The second kappa shape index (κ2) is 15.4. The van der Waals surface area contributed by atoms with Gasteiger partial charge in [-0.15, -0.1) is 0 Å². The first-order chi connectivity index (χ1) is 25.6. The van der Waals surface area contributed by atoms with Gasteiger partial charge in [-0.25, -0.2) is 9.78 Å². The maximum Gasteiger partial charge on any atom is 0.433 e. The molecule has 6 rings (SSSR count). The van der Waals surface area contributed by atoms with E-state index in [1.807, 2.05) is 0 Å². The summed E-state index contributed by atoms with van der Waals surface area (Å²) >= 11 is 0. The number of halogens is 3. The third-order valence-corrected chi connectivity index (χ3v) is 8.96. The quantitative estimate of drug-likeness (QED) is 0.113. The Balaban J connectivity index is 1.02. The molecule has 1 amide bonds. The number of para-hydroxylation sites is 1. The molecule has 3 heterocycles. The van der Waals surface area contributed by atoms with Crippen molar-refractivity contribution in [3.8, 4) is 11.8 Å². The number of hydrogen-bond acceptors (Lipinski definition) is 9. The Labute approximate surface area is 306 Å². The average Bonchev–Trinajstić information content (AvgIpc) is 3.63. The maximum atomic E-state index is 13.1. The molecule has 2 N–H and O–H groups in total. The number of rotatable bonds is 11. The van der Waals surface area contributed by atoms with Crippen molar-refractivity contribution < 1.29 is 42.1 Å². The first-order valence-corrected chi connectivity index (χ1v) is 17.1. The number of aromatic nitrogens is 5.